The SMILES string of the molecule is CC(=O)C(C)(O)[C@H](O)[C@@H](O)[C@H](O)[C@H](O)CO. The molecule has 0 aromatic rings. The summed E-state index contributed by atoms with van der Waals surface area (Å²) < 4.78 is 0. The predicted octanol–water partition coefficient (Wildman–Crippen LogP) is -3.24. The number of rotatable bonds is 6. The highest BCUT2D eigenvalue weighted by Crippen LogP contribution is 2.18. The van der Waals surface area contributed by atoms with Crippen LogP contribution in [0.15, 0.2) is 0 Å². The molecule has 0 bridgehead atoms. The van der Waals surface area contributed by atoms with E-state index in [4.69, 9.17) is 10.2 Å². The zero-order valence-corrected chi connectivity index (χ0v) is 9.11. The Labute approximate surface area is 92.6 Å². The summed E-state index contributed by atoms with van der Waals surface area (Å²) in [7, 11) is 0. The fourth-order valence-corrected chi connectivity index (χ4v) is 1.06. The molecular weight excluding hydrogens is 220 g/mol. The first-order chi connectivity index (χ1) is 7.16. The van der Waals surface area contributed by atoms with Crippen molar-refractivity contribution in [3.63, 3.8) is 0 Å². The van der Waals surface area contributed by atoms with Gasteiger partial charge in [-0.05, 0) is 13.8 Å². The van der Waals surface area contributed by atoms with Crippen LogP contribution >= 0.6 is 0 Å². The van der Waals surface area contributed by atoms with Crippen LogP contribution in [0.4, 0.5) is 0 Å². The lowest BCUT2D eigenvalue weighted by Gasteiger charge is -2.33. The van der Waals surface area contributed by atoms with E-state index in [9.17, 15) is 25.2 Å². The first-order valence-electron chi connectivity index (χ1n) is 4.72. The van der Waals surface area contributed by atoms with Gasteiger partial charge in [0.1, 0.15) is 30.0 Å². The molecular formula is C9H18O7. The number of ketones is 1. The topological polar surface area (TPSA) is 138 Å². The Hall–Kier alpha value is -0.570. The first kappa shape index (κ1) is 15.4. The molecule has 0 radical (unpaired) electrons. The van der Waals surface area contributed by atoms with E-state index in [0.717, 1.165) is 13.8 Å². The summed E-state index contributed by atoms with van der Waals surface area (Å²) in [6.45, 7) is 1.15. The second kappa shape index (κ2) is 5.67. The summed E-state index contributed by atoms with van der Waals surface area (Å²) in [6.07, 6.45) is -7.47. The molecule has 5 atom stereocenters. The molecule has 16 heavy (non-hydrogen) atoms. The van der Waals surface area contributed by atoms with E-state index >= 15 is 0 Å². The molecule has 96 valence electrons. The molecule has 0 saturated heterocycles. The van der Waals surface area contributed by atoms with Crippen molar-refractivity contribution in [2.45, 2.75) is 43.9 Å². The van der Waals surface area contributed by atoms with Gasteiger partial charge in [0.25, 0.3) is 0 Å². The van der Waals surface area contributed by atoms with Crippen LogP contribution in [0.5, 0.6) is 0 Å². The van der Waals surface area contributed by atoms with Gasteiger partial charge in [-0.3, -0.25) is 4.79 Å². The quantitative estimate of drug-likeness (QED) is 0.286. The van der Waals surface area contributed by atoms with Gasteiger partial charge in [0.05, 0.1) is 6.61 Å². The minimum Gasteiger partial charge on any atom is -0.394 e. The molecule has 0 rings (SSSR count). The Balaban J connectivity index is 4.73. The second-order valence-electron chi connectivity index (χ2n) is 3.88. The van der Waals surface area contributed by atoms with Gasteiger partial charge in [-0.25, -0.2) is 0 Å². The molecule has 7 heteroatoms. The minimum atomic E-state index is -2.24. The van der Waals surface area contributed by atoms with Gasteiger partial charge in [-0.15, -0.1) is 0 Å². The minimum absolute atomic E-state index is 0.801. The standard InChI is InChI=1S/C9H18O7/c1-4(11)9(2,16)8(15)7(14)6(13)5(12)3-10/h5-8,10,12-16H,3H2,1-2H3/t5-,6-,7+,8-,9?/m1/s1. The third-order valence-electron chi connectivity index (χ3n) is 2.54. The predicted molar refractivity (Wildman–Crippen MR) is 52.4 cm³/mol. The molecule has 1 unspecified atom stereocenters. The van der Waals surface area contributed by atoms with E-state index in [1.54, 1.807) is 0 Å². The van der Waals surface area contributed by atoms with Gasteiger partial charge in [-0.2, -0.15) is 0 Å². The molecule has 0 saturated carbocycles. The highest BCUT2D eigenvalue weighted by Gasteiger charge is 2.43. The summed E-state index contributed by atoms with van der Waals surface area (Å²) in [5, 5.41) is 55.2. The van der Waals surface area contributed by atoms with Crippen molar-refractivity contribution in [1.82, 2.24) is 0 Å². The number of aliphatic hydroxyl groups is 6. The maximum absolute atomic E-state index is 11.0. The van der Waals surface area contributed by atoms with Gasteiger partial charge < -0.3 is 30.6 Å². The molecule has 0 amide bonds. The Morgan fingerprint density at radius 2 is 1.62 bits per heavy atom. The van der Waals surface area contributed by atoms with Gasteiger partial charge >= 0.3 is 0 Å². The third-order valence-corrected chi connectivity index (χ3v) is 2.54. The van der Waals surface area contributed by atoms with Crippen molar-refractivity contribution >= 4 is 5.78 Å². The second-order valence-corrected chi connectivity index (χ2v) is 3.88. The van der Waals surface area contributed by atoms with Crippen LogP contribution in [0.3, 0.4) is 0 Å². The summed E-state index contributed by atoms with van der Waals surface area (Å²) >= 11 is 0. The van der Waals surface area contributed by atoms with Crippen molar-refractivity contribution in [1.29, 1.82) is 0 Å². The number of Topliss-reactive ketones (excluding diaryl/α,β-unsaturated/α-hetero) is 1. The summed E-state index contributed by atoms with van der Waals surface area (Å²) in [5.74, 6) is -0.801. The van der Waals surface area contributed by atoms with Gasteiger partial charge in [0, 0.05) is 0 Å². The Kier molecular flexibility index (Phi) is 5.47. The molecule has 0 aliphatic heterocycles. The maximum atomic E-state index is 11.0. The van der Waals surface area contributed by atoms with Crippen LogP contribution in [0, 0.1) is 0 Å². The van der Waals surface area contributed by atoms with Crippen LogP contribution in [0.1, 0.15) is 13.8 Å². The molecule has 0 aromatic carbocycles. The summed E-state index contributed by atoms with van der Waals surface area (Å²) in [6, 6.07) is 0. The average molecular weight is 238 g/mol. The fraction of sp³-hybridized carbons (Fsp3) is 0.889. The van der Waals surface area contributed by atoms with E-state index in [1.165, 1.54) is 0 Å². The number of carbonyl (C=O) groups excluding carboxylic acids is 1. The molecule has 0 aliphatic carbocycles. The van der Waals surface area contributed by atoms with E-state index in [0.29, 0.717) is 0 Å². The lowest BCUT2D eigenvalue weighted by Crippen LogP contribution is -2.57. The lowest BCUT2D eigenvalue weighted by atomic mass is 9.87. The van der Waals surface area contributed by atoms with Crippen LogP contribution in [0.2, 0.25) is 0 Å². The highest BCUT2D eigenvalue weighted by molar-refractivity contribution is 5.85. The van der Waals surface area contributed by atoms with Crippen molar-refractivity contribution in [3.8, 4) is 0 Å². The fourth-order valence-electron chi connectivity index (χ4n) is 1.06. The van der Waals surface area contributed by atoms with Crippen LogP contribution in [-0.4, -0.2) is 73.0 Å². The number of aliphatic hydroxyl groups excluding tert-OH is 5. The maximum Gasteiger partial charge on any atom is 0.163 e. The largest absolute Gasteiger partial charge is 0.394 e. The van der Waals surface area contributed by atoms with Crippen molar-refractivity contribution in [3.05, 3.63) is 0 Å². The molecule has 0 fully saturated rings. The Morgan fingerprint density at radius 1 is 1.19 bits per heavy atom. The van der Waals surface area contributed by atoms with Crippen LogP contribution < -0.4 is 0 Å². The third kappa shape index (κ3) is 3.21. The Bertz CT molecular complexity index is 240. The van der Waals surface area contributed by atoms with Crippen LogP contribution in [-0.2, 0) is 4.79 Å². The summed E-state index contributed by atoms with van der Waals surface area (Å²) in [4.78, 5) is 11.0. The normalized spacial score (nSPS) is 23.0. The van der Waals surface area contributed by atoms with E-state index in [2.05, 4.69) is 0 Å². The highest BCUT2D eigenvalue weighted by atomic mass is 16.4. The van der Waals surface area contributed by atoms with Gasteiger partial charge in [0.2, 0.25) is 0 Å². The van der Waals surface area contributed by atoms with Gasteiger partial charge in [-0.1, -0.05) is 0 Å². The monoisotopic (exact) mass is 238 g/mol. The van der Waals surface area contributed by atoms with E-state index in [1.807, 2.05) is 0 Å². The van der Waals surface area contributed by atoms with Crippen molar-refractivity contribution < 1.29 is 35.4 Å². The first-order valence-corrected chi connectivity index (χ1v) is 4.72. The van der Waals surface area contributed by atoms with E-state index < -0.39 is 42.4 Å². The van der Waals surface area contributed by atoms with Crippen LogP contribution in [0.25, 0.3) is 0 Å². The number of hydrogen-bond acceptors (Lipinski definition) is 7. The van der Waals surface area contributed by atoms with E-state index in [-0.39, 0.29) is 0 Å². The molecule has 0 spiro atoms. The molecule has 0 aromatic heterocycles. The lowest BCUT2D eigenvalue weighted by molar-refractivity contribution is -0.176. The van der Waals surface area contributed by atoms with Crippen molar-refractivity contribution in [2.24, 2.45) is 0 Å². The van der Waals surface area contributed by atoms with Crippen molar-refractivity contribution in [2.75, 3.05) is 6.61 Å². The zero-order chi connectivity index (χ0) is 13.1. The zero-order valence-electron chi connectivity index (χ0n) is 9.11. The average Bonchev–Trinajstić information content (AvgIpc) is 2.24. The number of carbonyl (C=O) groups is 1. The van der Waals surface area contributed by atoms with Gasteiger partial charge in [0.15, 0.2) is 5.78 Å². The molecule has 6 N–H and O–H groups in total. The number of hydrogen-bond donors (Lipinski definition) is 6. The summed E-state index contributed by atoms with van der Waals surface area (Å²) in [5.41, 5.74) is -2.24. The Morgan fingerprint density at radius 3 is 1.94 bits per heavy atom. The molecule has 0 heterocycles. The molecule has 0 aliphatic rings. The molecule has 7 nitrogen and oxygen atoms in total. The smallest absolute Gasteiger partial charge is 0.163 e.